The van der Waals surface area contributed by atoms with Gasteiger partial charge in [-0.2, -0.15) is 9.61 Å². The van der Waals surface area contributed by atoms with E-state index < -0.39 is 6.10 Å². The van der Waals surface area contributed by atoms with Crippen LogP contribution in [-0.2, 0) is 0 Å². The normalized spacial score (nSPS) is 13.8. The summed E-state index contributed by atoms with van der Waals surface area (Å²) in [5.41, 5.74) is 5.27. The lowest BCUT2D eigenvalue weighted by atomic mass is 10.4. The molecule has 0 spiro atoms. The highest BCUT2D eigenvalue weighted by Crippen LogP contribution is 2.17. The molecule has 6 nitrogen and oxygen atoms in total. The SMILES string of the molecule is NCC(O)c1nn2cnnc2s1. The van der Waals surface area contributed by atoms with Crippen LogP contribution < -0.4 is 5.73 Å². The predicted octanol–water partition coefficient (Wildman–Crippen LogP) is -0.822. The fourth-order valence-electron chi connectivity index (χ4n) is 0.811. The maximum atomic E-state index is 9.31. The number of hydrogen-bond acceptors (Lipinski definition) is 6. The molecule has 0 saturated heterocycles. The van der Waals surface area contributed by atoms with Gasteiger partial charge in [-0.25, -0.2) is 0 Å². The topological polar surface area (TPSA) is 89.3 Å². The summed E-state index contributed by atoms with van der Waals surface area (Å²) in [4.78, 5) is 0.664. The van der Waals surface area contributed by atoms with Crippen LogP contribution in [0.1, 0.15) is 11.1 Å². The van der Waals surface area contributed by atoms with Crippen LogP contribution in [0.3, 0.4) is 0 Å². The highest BCUT2D eigenvalue weighted by molar-refractivity contribution is 7.16. The molecule has 0 saturated carbocycles. The summed E-state index contributed by atoms with van der Waals surface area (Å²) in [6, 6.07) is 0. The molecule has 1 unspecified atom stereocenters. The van der Waals surface area contributed by atoms with Gasteiger partial charge in [0.2, 0.25) is 4.96 Å². The maximum absolute atomic E-state index is 9.31. The molecule has 0 bridgehead atoms. The highest BCUT2D eigenvalue weighted by atomic mass is 32.1. The zero-order chi connectivity index (χ0) is 8.55. The van der Waals surface area contributed by atoms with Gasteiger partial charge < -0.3 is 10.8 Å². The van der Waals surface area contributed by atoms with Crippen LogP contribution in [0.5, 0.6) is 0 Å². The Hall–Kier alpha value is -1.05. The van der Waals surface area contributed by atoms with E-state index in [0.717, 1.165) is 0 Å². The Morgan fingerprint density at radius 3 is 3.25 bits per heavy atom. The summed E-state index contributed by atoms with van der Waals surface area (Å²) < 4.78 is 1.51. The molecule has 0 aliphatic rings. The van der Waals surface area contributed by atoms with Gasteiger partial charge in [0.15, 0.2) is 0 Å². The van der Waals surface area contributed by atoms with Crippen LogP contribution in [0.25, 0.3) is 4.96 Å². The van der Waals surface area contributed by atoms with Crippen molar-refractivity contribution in [1.29, 1.82) is 0 Å². The standard InChI is InChI=1S/C5H7N5OS/c6-1-3(11)4-9-10-2-7-8-5(10)12-4/h2-3,11H,1,6H2. The molecule has 2 aromatic heterocycles. The molecular weight excluding hydrogens is 178 g/mol. The van der Waals surface area contributed by atoms with E-state index in [1.807, 2.05) is 0 Å². The predicted molar refractivity (Wildman–Crippen MR) is 42.7 cm³/mol. The monoisotopic (exact) mass is 185 g/mol. The lowest BCUT2D eigenvalue weighted by molar-refractivity contribution is 0.185. The molecule has 0 radical (unpaired) electrons. The van der Waals surface area contributed by atoms with Gasteiger partial charge in [0.25, 0.3) is 0 Å². The van der Waals surface area contributed by atoms with Gasteiger partial charge in [-0.15, -0.1) is 10.2 Å². The van der Waals surface area contributed by atoms with Gasteiger partial charge >= 0.3 is 0 Å². The number of aliphatic hydroxyl groups is 1. The van der Waals surface area contributed by atoms with E-state index >= 15 is 0 Å². The van der Waals surface area contributed by atoms with Crippen molar-refractivity contribution in [2.75, 3.05) is 6.54 Å². The Labute approximate surface area is 71.6 Å². The second-order valence-corrected chi connectivity index (χ2v) is 3.24. The summed E-state index contributed by atoms with van der Waals surface area (Å²) in [7, 11) is 0. The van der Waals surface area contributed by atoms with Gasteiger partial charge in [-0.05, 0) is 0 Å². The Morgan fingerprint density at radius 2 is 2.58 bits per heavy atom. The molecular formula is C5H7N5OS. The molecule has 3 N–H and O–H groups in total. The zero-order valence-corrected chi connectivity index (χ0v) is 6.90. The fraction of sp³-hybridized carbons (Fsp3) is 0.400. The van der Waals surface area contributed by atoms with Crippen LogP contribution >= 0.6 is 11.3 Å². The van der Waals surface area contributed by atoms with Crippen molar-refractivity contribution in [3.8, 4) is 0 Å². The first-order valence-corrected chi connectivity index (χ1v) is 4.18. The van der Waals surface area contributed by atoms with Crippen LogP contribution in [0, 0.1) is 0 Å². The van der Waals surface area contributed by atoms with E-state index in [1.54, 1.807) is 0 Å². The molecule has 12 heavy (non-hydrogen) atoms. The lowest BCUT2D eigenvalue weighted by Crippen LogP contribution is -2.11. The van der Waals surface area contributed by atoms with Crippen molar-refractivity contribution in [1.82, 2.24) is 19.8 Å². The number of aliphatic hydroxyl groups excluding tert-OH is 1. The van der Waals surface area contributed by atoms with Gasteiger partial charge in [0.1, 0.15) is 17.4 Å². The number of nitrogens with zero attached hydrogens (tertiary/aromatic N) is 4. The summed E-state index contributed by atoms with van der Waals surface area (Å²) in [6.45, 7) is 0.171. The Balaban J connectivity index is 2.44. The third-order valence-corrected chi connectivity index (χ3v) is 2.42. The van der Waals surface area contributed by atoms with Crippen LogP contribution in [0.4, 0.5) is 0 Å². The average molecular weight is 185 g/mol. The Bertz CT molecular complexity index is 353. The molecule has 0 aliphatic carbocycles. The first-order chi connectivity index (χ1) is 5.81. The summed E-state index contributed by atoms with van der Waals surface area (Å²) in [5, 5.41) is 21.3. The van der Waals surface area contributed by atoms with E-state index in [-0.39, 0.29) is 6.54 Å². The largest absolute Gasteiger partial charge is 0.385 e. The second kappa shape index (κ2) is 2.77. The van der Waals surface area contributed by atoms with Crippen molar-refractivity contribution >= 4 is 16.3 Å². The van der Waals surface area contributed by atoms with Gasteiger partial charge in [0.05, 0.1) is 0 Å². The number of hydrogen-bond donors (Lipinski definition) is 2. The van der Waals surface area contributed by atoms with Crippen molar-refractivity contribution in [3.63, 3.8) is 0 Å². The van der Waals surface area contributed by atoms with Crippen LogP contribution in [0.15, 0.2) is 6.33 Å². The quantitative estimate of drug-likeness (QED) is 0.638. The summed E-state index contributed by atoms with van der Waals surface area (Å²) >= 11 is 1.28. The number of aromatic nitrogens is 4. The molecule has 0 aromatic carbocycles. The summed E-state index contributed by atoms with van der Waals surface area (Å²) in [6.07, 6.45) is 0.787. The Kier molecular flexibility index (Phi) is 1.75. The molecule has 2 heterocycles. The molecule has 2 aromatic rings. The maximum Gasteiger partial charge on any atom is 0.234 e. The van der Waals surface area contributed by atoms with Crippen molar-refractivity contribution in [2.24, 2.45) is 5.73 Å². The van der Waals surface area contributed by atoms with E-state index in [9.17, 15) is 5.11 Å². The average Bonchev–Trinajstić information content (AvgIpc) is 2.60. The molecule has 0 amide bonds. The van der Waals surface area contributed by atoms with Gasteiger partial charge in [-0.3, -0.25) is 0 Å². The molecule has 1 atom stereocenters. The third-order valence-electron chi connectivity index (χ3n) is 1.41. The number of fused-ring (bicyclic) bond motifs is 1. The third kappa shape index (κ3) is 1.07. The number of rotatable bonds is 2. The second-order valence-electron chi connectivity index (χ2n) is 2.25. The van der Waals surface area contributed by atoms with Crippen molar-refractivity contribution in [2.45, 2.75) is 6.10 Å². The molecule has 64 valence electrons. The summed E-state index contributed by atoms with van der Waals surface area (Å²) in [5.74, 6) is 0. The smallest absolute Gasteiger partial charge is 0.234 e. The van der Waals surface area contributed by atoms with E-state index in [1.165, 1.54) is 22.2 Å². The number of nitrogens with two attached hydrogens (primary N) is 1. The first-order valence-electron chi connectivity index (χ1n) is 3.36. The van der Waals surface area contributed by atoms with Crippen LogP contribution in [-0.4, -0.2) is 31.5 Å². The molecule has 2 rings (SSSR count). The van der Waals surface area contributed by atoms with E-state index in [2.05, 4.69) is 15.3 Å². The van der Waals surface area contributed by atoms with E-state index in [0.29, 0.717) is 9.97 Å². The van der Waals surface area contributed by atoms with Crippen LogP contribution in [0.2, 0.25) is 0 Å². The molecule has 0 aliphatic heterocycles. The minimum Gasteiger partial charge on any atom is -0.385 e. The minimum absolute atomic E-state index is 0.171. The van der Waals surface area contributed by atoms with Crippen molar-refractivity contribution in [3.05, 3.63) is 11.3 Å². The zero-order valence-electron chi connectivity index (χ0n) is 6.08. The minimum atomic E-state index is -0.698. The lowest BCUT2D eigenvalue weighted by Gasteiger charge is -1.99. The van der Waals surface area contributed by atoms with Gasteiger partial charge in [-0.1, -0.05) is 11.3 Å². The van der Waals surface area contributed by atoms with Gasteiger partial charge in [0, 0.05) is 6.54 Å². The van der Waals surface area contributed by atoms with Crippen molar-refractivity contribution < 1.29 is 5.11 Å². The fourth-order valence-corrected chi connectivity index (χ4v) is 1.63. The first kappa shape index (κ1) is 7.59. The highest BCUT2D eigenvalue weighted by Gasteiger charge is 2.12. The van der Waals surface area contributed by atoms with E-state index in [4.69, 9.17) is 5.73 Å². The molecule has 0 fully saturated rings. The Morgan fingerprint density at radius 1 is 1.75 bits per heavy atom. The molecule has 7 heteroatoms.